The van der Waals surface area contributed by atoms with Crippen LogP contribution < -0.4 is 10.6 Å². The Morgan fingerprint density at radius 2 is 2.28 bits per heavy atom. The second kappa shape index (κ2) is 6.47. The highest BCUT2D eigenvalue weighted by molar-refractivity contribution is 9.10. The molecule has 1 aliphatic rings. The van der Waals surface area contributed by atoms with Gasteiger partial charge >= 0.3 is 0 Å². The molecule has 0 radical (unpaired) electrons. The van der Waals surface area contributed by atoms with Crippen molar-refractivity contribution in [3.8, 4) is 0 Å². The average Bonchev–Trinajstić information content (AvgIpc) is 2.35. The zero-order valence-electron chi connectivity index (χ0n) is 9.75. The van der Waals surface area contributed by atoms with E-state index < -0.39 is 0 Å². The molecule has 5 nitrogen and oxygen atoms in total. The van der Waals surface area contributed by atoms with E-state index in [1.807, 2.05) is 0 Å². The fraction of sp³-hybridized carbons (Fsp3) is 0.455. The Balaban J connectivity index is 1.92. The van der Waals surface area contributed by atoms with Gasteiger partial charge in [-0.1, -0.05) is 11.6 Å². The van der Waals surface area contributed by atoms with E-state index in [-0.39, 0.29) is 5.91 Å². The Morgan fingerprint density at radius 1 is 1.56 bits per heavy atom. The molecule has 0 aliphatic carbocycles. The van der Waals surface area contributed by atoms with Gasteiger partial charge < -0.3 is 10.6 Å². The molecule has 0 aromatic carbocycles. The first-order valence-corrected chi connectivity index (χ1v) is 6.86. The van der Waals surface area contributed by atoms with Crippen LogP contribution in [0, 0.1) is 0 Å². The molecule has 98 valence electrons. The Hall–Kier alpha value is -0.690. The van der Waals surface area contributed by atoms with Crippen LogP contribution in [0.5, 0.6) is 0 Å². The van der Waals surface area contributed by atoms with Gasteiger partial charge in [0.25, 0.3) is 0 Å². The Kier molecular flexibility index (Phi) is 4.94. The van der Waals surface area contributed by atoms with Gasteiger partial charge in [-0.15, -0.1) is 0 Å². The van der Waals surface area contributed by atoms with Crippen molar-refractivity contribution in [3.63, 3.8) is 0 Å². The third-order valence-electron chi connectivity index (χ3n) is 2.66. The van der Waals surface area contributed by atoms with E-state index in [4.69, 9.17) is 11.6 Å². The highest BCUT2D eigenvalue weighted by Gasteiger charge is 2.14. The molecule has 18 heavy (non-hydrogen) atoms. The van der Waals surface area contributed by atoms with Crippen LogP contribution >= 0.6 is 27.5 Å². The topological polar surface area (TPSA) is 57.3 Å². The van der Waals surface area contributed by atoms with E-state index in [1.54, 1.807) is 12.3 Å². The van der Waals surface area contributed by atoms with Crippen molar-refractivity contribution in [1.82, 2.24) is 15.2 Å². The number of nitrogens with one attached hydrogen (secondary N) is 2. The lowest BCUT2D eigenvalue weighted by atomic mass is 10.3. The minimum atomic E-state index is -0.0706. The number of anilines is 1. The summed E-state index contributed by atoms with van der Waals surface area (Å²) < 4.78 is 0.782. The van der Waals surface area contributed by atoms with Gasteiger partial charge in [-0.2, -0.15) is 0 Å². The Bertz CT molecular complexity index is 437. The molecule has 1 saturated heterocycles. The molecule has 1 amide bonds. The summed E-state index contributed by atoms with van der Waals surface area (Å²) in [5.41, 5.74) is 0.533. The zero-order valence-corrected chi connectivity index (χ0v) is 12.1. The molecule has 1 aromatic heterocycles. The summed E-state index contributed by atoms with van der Waals surface area (Å²) in [7, 11) is 0. The van der Waals surface area contributed by atoms with E-state index in [0.717, 1.165) is 30.7 Å². The minimum absolute atomic E-state index is 0.0706. The molecule has 1 aromatic rings. The molecule has 2 heterocycles. The SMILES string of the molecule is O=C(CN1CCNCC1)Nc1cc(Br)cnc1Cl. The van der Waals surface area contributed by atoms with Crippen LogP contribution in [0.2, 0.25) is 5.15 Å². The largest absolute Gasteiger partial charge is 0.322 e. The summed E-state index contributed by atoms with van der Waals surface area (Å²) in [5, 5.41) is 6.31. The first-order valence-electron chi connectivity index (χ1n) is 5.69. The van der Waals surface area contributed by atoms with Crippen molar-refractivity contribution < 1.29 is 4.79 Å². The third kappa shape index (κ3) is 3.91. The number of carbonyl (C=O) groups excluding carboxylic acids is 1. The summed E-state index contributed by atoms with van der Waals surface area (Å²) in [6, 6.07) is 1.74. The molecular formula is C11H14BrClN4O. The molecular weight excluding hydrogens is 320 g/mol. The fourth-order valence-electron chi connectivity index (χ4n) is 1.77. The monoisotopic (exact) mass is 332 g/mol. The smallest absolute Gasteiger partial charge is 0.238 e. The van der Waals surface area contributed by atoms with Crippen molar-refractivity contribution in [3.05, 3.63) is 21.9 Å². The molecule has 7 heteroatoms. The van der Waals surface area contributed by atoms with Crippen LogP contribution in [0.3, 0.4) is 0 Å². The van der Waals surface area contributed by atoms with Crippen molar-refractivity contribution in [1.29, 1.82) is 0 Å². The van der Waals surface area contributed by atoms with Crippen LogP contribution in [-0.4, -0.2) is 48.5 Å². The van der Waals surface area contributed by atoms with Gasteiger partial charge in [0.05, 0.1) is 12.2 Å². The summed E-state index contributed by atoms with van der Waals surface area (Å²) in [5.74, 6) is -0.0706. The first-order chi connectivity index (χ1) is 8.65. The van der Waals surface area contributed by atoms with E-state index in [1.165, 1.54) is 0 Å². The number of nitrogens with zero attached hydrogens (tertiary/aromatic N) is 2. The summed E-state index contributed by atoms with van der Waals surface area (Å²) in [6.07, 6.45) is 1.59. The molecule has 0 bridgehead atoms. The second-order valence-corrected chi connectivity index (χ2v) is 5.34. The number of aromatic nitrogens is 1. The third-order valence-corrected chi connectivity index (χ3v) is 3.39. The summed E-state index contributed by atoms with van der Waals surface area (Å²) in [4.78, 5) is 17.9. The highest BCUT2D eigenvalue weighted by atomic mass is 79.9. The van der Waals surface area contributed by atoms with Gasteiger partial charge in [-0.25, -0.2) is 4.98 Å². The van der Waals surface area contributed by atoms with Gasteiger partial charge in [-0.3, -0.25) is 9.69 Å². The molecule has 1 fully saturated rings. The number of hydrogen-bond acceptors (Lipinski definition) is 4. The van der Waals surface area contributed by atoms with E-state index in [0.29, 0.717) is 17.4 Å². The lowest BCUT2D eigenvalue weighted by Crippen LogP contribution is -2.46. The fourth-order valence-corrected chi connectivity index (χ4v) is 2.25. The van der Waals surface area contributed by atoms with Gasteiger partial charge in [0.15, 0.2) is 5.15 Å². The number of amides is 1. The first kappa shape index (κ1) is 13.7. The number of hydrogen-bond donors (Lipinski definition) is 2. The van der Waals surface area contributed by atoms with Gasteiger partial charge in [0.2, 0.25) is 5.91 Å². The number of piperazine rings is 1. The quantitative estimate of drug-likeness (QED) is 0.820. The van der Waals surface area contributed by atoms with Crippen LogP contribution in [0.15, 0.2) is 16.7 Å². The van der Waals surface area contributed by atoms with Crippen molar-refractivity contribution >= 4 is 39.1 Å². The maximum Gasteiger partial charge on any atom is 0.238 e. The number of carbonyl (C=O) groups is 1. The minimum Gasteiger partial charge on any atom is -0.322 e. The van der Waals surface area contributed by atoms with Gasteiger partial charge in [0.1, 0.15) is 0 Å². The Labute approximate surface area is 119 Å². The molecule has 0 spiro atoms. The number of pyridine rings is 1. The summed E-state index contributed by atoms with van der Waals surface area (Å²) in [6.45, 7) is 4.00. The predicted octanol–water partition coefficient (Wildman–Crippen LogP) is 1.34. The number of halogens is 2. The van der Waals surface area contributed by atoms with Gasteiger partial charge in [-0.05, 0) is 22.0 Å². The van der Waals surface area contributed by atoms with Crippen LogP contribution in [0.4, 0.5) is 5.69 Å². The van der Waals surface area contributed by atoms with Crippen molar-refractivity contribution in [2.45, 2.75) is 0 Å². The summed E-state index contributed by atoms with van der Waals surface area (Å²) >= 11 is 9.21. The average molecular weight is 334 g/mol. The lowest BCUT2D eigenvalue weighted by Gasteiger charge is -2.26. The molecule has 2 N–H and O–H groups in total. The van der Waals surface area contributed by atoms with E-state index >= 15 is 0 Å². The second-order valence-electron chi connectivity index (χ2n) is 4.07. The van der Waals surface area contributed by atoms with Crippen molar-refractivity contribution in [2.24, 2.45) is 0 Å². The lowest BCUT2D eigenvalue weighted by molar-refractivity contribution is -0.117. The van der Waals surface area contributed by atoms with Crippen LogP contribution in [-0.2, 0) is 4.79 Å². The molecule has 1 aliphatic heterocycles. The van der Waals surface area contributed by atoms with Crippen LogP contribution in [0.25, 0.3) is 0 Å². The van der Waals surface area contributed by atoms with E-state index in [9.17, 15) is 4.79 Å². The number of rotatable bonds is 3. The molecule has 0 unspecified atom stereocenters. The molecule has 0 atom stereocenters. The normalized spacial score (nSPS) is 16.6. The van der Waals surface area contributed by atoms with Gasteiger partial charge in [0, 0.05) is 36.8 Å². The van der Waals surface area contributed by atoms with Crippen LogP contribution in [0.1, 0.15) is 0 Å². The van der Waals surface area contributed by atoms with Crippen molar-refractivity contribution in [2.75, 3.05) is 38.0 Å². The standard InChI is InChI=1S/C11H14BrClN4O/c12-8-5-9(11(13)15-6-8)16-10(18)7-17-3-1-14-2-4-17/h5-6,14H,1-4,7H2,(H,16,18). The molecule has 0 saturated carbocycles. The highest BCUT2D eigenvalue weighted by Crippen LogP contribution is 2.22. The maximum atomic E-state index is 11.9. The Morgan fingerprint density at radius 3 is 3.00 bits per heavy atom. The van der Waals surface area contributed by atoms with E-state index in [2.05, 4.69) is 36.4 Å². The molecule has 2 rings (SSSR count). The zero-order chi connectivity index (χ0) is 13.0. The predicted molar refractivity (Wildman–Crippen MR) is 74.9 cm³/mol. The maximum absolute atomic E-state index is 11.9.